The summed E-state index contributed by atoms with van der Waals surface area (Å²) in [6.45, 7) is 2.00. The number of fused-ring (bicyclic) bond motifs is 2. The highest BCUT2D eigenvalue weighted by molar-refractivity contribution is 6.20. The SMILES string of the molecule is C1CCOC1.ClCc1c2ccccc2cc2ccccc12. The standard InChI is InChI=1S/C15H11Cl.C4H8O/c16-10-15-13-7-3-1-5-11(13)9-12-6-2-4-8-14(12)15;1-2-4-5-3-1/h1-9H,10H2;1-4H2. The fourth-order valence-electron chi connectivity index (χ4n) is 2.76. The third-order valence-electron chi connectivity index (χ3n) is 3.84. The molecule has 0 bridgehead atoms. The predicted molar refractivity (Wildman–Crippen MR) is 91.1 cm³/mol. The summed E-state index contributed by atoms with van der Waals surface area (Å²) in [5, 5.41) is 5.04. The molecule has 2 heteroatoms. The number of hydrogen-bond donors (Lipinski definition) is 0. The second-order valence-electron chi connectivity index (χ2n) is 5.25. The van der Waals surface area contributed by atoms with Crippen molar-refractivity contribution in [2.45, 2.75) is 18.7 Å². The first-order valence-corrected chi connectivity index (χ1v) is 7.96. The summed E-state index contributed by atoms with van der Waals surface area (Å²) in [7, 11) is 0. The van der Waals surface area contributed by atoms with Crippen molar-refractivity contribution >= 4 is 33.1 Å². The lowest BCUT2D eigenvalue weighted by atomic mass is 9.98. The molecule has 1 fully saturated rings. The Labute approximate surface area is 130 Å². The molecule has 0 saturated carbocycles. The molecule has 0 spiro atoms. The lowest BCUT2D eigenvalue weighted by molar-refractivity contribution is 0.198. The van der Waals surface area contributed by atoms with Crippen molar-refractivity contribution < 1.29 is 4.74 Å². The third-order valence-corrected chi connectivity index (χ3v) is 4.11. The van der Waals surface area contributed by atoms with Gasteiger partial charge in [0.2, 0.25) is 0 Å². The molecule has 1 heterocycles. The van der Waals surface area contributed by atoms with Crippen LogP contribution in [0.5, 0.6) is 0 Å². The van der Waals surface area contributed by atoms with Crippen molar-refractivity contribution in [1.29, 1.82) is 0 Å². The smallest absolute Gasteiger partial charge is 0.0486 e. The first-order chi connectivity index (χ1) is 10.4. The molecule has 1 nitrogen and oxygen atoms in total. The maximum atomic E-state index is 6.08. The zero-order chi connectivity index (χ0) is 14.5. The van der Waals surface area contributed by atoms with Gasteiger partial charge in [-0.05, 0) is 46.0 Å². The monoisotopic (exact) mass is 298 g/mol. The fourth-order valence-corrected chi connectivity index (χ4v) is 3.05. The second kappa shape index (κ2) is 6.93. The van der Waals surface area contributed by atoms with E-state index < -0.39 is 0 Å². The van der Waals surface area contributed by atoms with Crippen LogP contribution < -0.4 is 0 Å². The molecular formula is C19H19ClO. The molecule has 0 amide bonds. The Balaban J connectivity index is 0.000000225. The fraction of sp³-hybridized carbons (Fsp3) is 0.263. The van der Waals surface area contributed by atoms with Crippen LogP contribution in [0.3, 0.4) is 0 Å². The van der Waals surface area contributed by atoms with Gasteiger partial charge in [0, 0.05) is 19.1 Å². The van der Waals surface area contributed by atoms with Crippen LogP contribution in [0.4, 0.5) is 0 Å². The van der Waals surface area contributed by atoms with Gasteiger partial charge >= 0.3 is 0 Å². The highest BCUT2D eigenvalue weighted by Gasteiger charge is 2.05. The summed E-state index contributed by atoms with van der Waals surface area (Å²) in [5.74, 6) is 0.557. The quantitative estimate of drug-likeness (QED) is 0.424. The topological polar surface area (TPSA) is 9.23 Å². The van der Waals surface area contributed by atoms with E-state index in [1.54, 1.807) is 0 Å². The molecule has 0 atom stereocenters. The van der Waals surface area contributed by atoms with Gasteiger partial charge in [-0.3, -0.25) is 0 Å². The van der Waals surface area contributed by atoms with Gasteiger partial charge in [0.15, 0.2) is 0 Å². The van der Waals surface area contributed by atoms with E-state index in [9.17, 15) is 0 Å². The van der Waals surface area contributed by atoms with Crippen molar-refractivity contribution in [1.82, 2.24) is 0 Å². The van der Waals surface area contributed by atoms with Crippen LogP contribution in [0.15, 0.2) is 54.6 Å². The average Bonchev–Trinajstić information content (AvgIpc) is 3.12. The molecule has 0 aromatic heterocycles. The molecule has 0 aliphatic carbocycles. The maximum Gasteiger partial charge on any atom is 0.0486 e. The van der Waals surface area contributed by atoms with Gasteiger partial charge in [-0.15, -0.1) is 11.6 Å². The highest BCUT2D eigenvalue weighted by Crippen LogP contribution is 2.29. The highest BCUT2D eigenvalue weighted by atomic mass is 35.5. The summed E-state index contributed by atoms with van der Waals surface area (Å²) >= 11 is 6.08. The zero-order valence-corrected chi connectivity index (χ0v) is 12.8. The van der Waals surface area contributed by atoms with E-state index in [-0.39, 0.29) is 0 Å². The first-order valence-electron chi connectivity index (χ1n) is 7.43. The minimum atomic E-state index is 0.557. The minimum Gasteiger partial charge on any atom is -0.381 e. The van der Waals surface area contributed by atoms with Gasteiger partial charge in [0.25, 0.3) is 0 Å². The Morgan fingerprint density at radius 2 is 1.33 bits per heavy atom. The van der Waals surface area contributed by atoms with E-state index in [0.29, 0.717) is 5.88 Å². The van der Waals surface area contributed by atoms with Crippen LogP contribution in [0, 0.1) is 0 Å². The molecule has 1 aliphatic rings. The van der Waals surface area contributed by atoms with E-state index in [1.807, 2.05) is 0 Å². The predicted octanol–water partition coefficient (Wildman–Crippen LogP) is 5.53. The summed E-state index contributed by atoms with van der Waals surface area (Å²) in [5.41, 5.74) is 1.23. The summed E-state index contributed by atoms with van der Waals surface area (Å²) in [6.07, 6.45) is 2.56. The minimum absolute atomic E-state index is 0.557. The molecular weight excluding hydrogens is 280 g/mol. The molecule has 0 unspecified atom stereocenters. The molecule has 108 valence electrons. The van der Waals surface area contributed by atoms with E-state index >= 15 is 0 Å². The van der Waals surface area contributed by atoms with E-state index in [0.717, 1.165) is 13.2 Å². The van der Waals surface area contributed by atoms with Gasteiger partial charge in [-0.25, -0.2) is 0 Å². The van der Waals surface area contributed by atoms with Gasteiger partial charge in [0.05, 0.1) is 0 Å². The maximum absolute atomic E-state index is 6.08. The normalized spacial score (nSPS) is 14.1. The van der Waals surface area contributed by atoms with Crippen molar-refractivity contribution in [3.05, 3.63) is 60.2 Å². The van der Waals surface area contributed by atoms with Crippen molar-refractivity contribution in [2.24, 2.45) is 0 Å². The van der Waals surface area contributed by atoms with Gasteiger partial charge in [-0.1, -0.05) is 48.5 Å². The van der Waals surface area contributed by atoms with Crippen molar-refractivity contribution in [2.75, 3.05) is 13.2 Å². The Kier molecular flexibility index (Phi) is 4.74. The van der Waals surface area contributed by atoms with Gasteiger partial charge < -0.3 is 4.74 Å². The van der Waals surface area contributed by atoms with Crippen LogP contribution in [0.25, 0.3) is 21.5 Å². The zero-order valence-electron chi connectivity index (χ0n) is 12.0. The third kappa shape index (κ3) is 3.20. The van der Waals surface area contributed by atoms with E-state index in [2.05, 4.69) is 54.6 Å². The van der Waals surface area contributed by atoms with Crippen LogP contribution in [-0.2, 0) is 10.6 Å². The Morgan fingerprint density at radius 3 is 1.76 bits per heavy atom. The number of ether oxygens (including phenoxy) is 1. The van der Waals surface area contributed by atoms with Crippen LogP contribution in [0.2, 0.25) is 0 Å². The summed E-state index contributed by atoms with van der Waals surface area (Å²) in [4.78, 5) is 0. The molecule has 0 radical (unpaired) electrons. The Bertz CT molecular complexity index is 670. The molecule has 1 aliphatic heterocycles. The number of benzene rings is 3. The number of halogens is 1. The van der Waals surface area contributed by atoms with Gasteiger partial charge in [0.1, 0.15) is 0 Å². The lowest BCUT2D eigenvalue weighted by Gasteiger charge is -2.08. The van der Waals surface area contributed by atoms with Crippen LogP contribution in [0.1, 0.15) is 18.4 Å². The van der Waals surface area contributed by atoms with E-state index in [4.69, 9.17) is 16.3 Å². The average molecular weight is 299 g/mol. The molecule has 21 heavy (non-hydrogen) atoms. The molecule has 3 aromatic carbocycles. The number of alkyl halides is 1. The second-order valence-corrected chi connectivity index (χ2v) is 5.52. The Hall–Kier alpha value is -1.57. The van der Waals surface area contributed by atoms with Crippen molar-refractivity contribution in [3.63, 3.8) is 0 Å². The van der Waals surface area contributed by atoms with Crippen LogP contribution >= 0.6 is 11.6 Å². The largest absolute Gasteiger partial charge is 0.381 e. The Morgan fingerprint density at radius 1 is 0.810 bits per heavy atom. The summed E-state index contributed by atoms with van der Waals surface area (Å²) in [6, 6.07) is 19.0. The number of rotatable bonds is 1. The summed E-state index contributed by atoms with van der Waals surface area (Å²) < 4.78 is 4.94. The molecule has 3 aromatic rings. The van der Waals surface area contributed by atoms with Gasteiger partial charge in [-0.2, -0.15) is 0 Å². The lowest BCUT2D eigenvalue weighted by Crippen LogP contribution is -1.85. The molecule has 1 saturated heterocycles. The van der Waals surface area contributed by atoms with Crippen molar-refractivity contribution in [3.8, 4) is 0 Å². The first kappa shape index (κ1) is 14.4. The molecule has 4 rings (SSSR count). The molecule has 0 N–H and O–H groups in total. The van der Waals surface area contributed by atoms with E-state index in [1.165, 1.54) is 39.9 Å². The number of hydrogen-bond acceptors (Lipinski definition) is 1. The van der Waals surface area contributed by atoms with Crippen LogP contribution in [-0.4, -0.2) is 13.2 Å².